The van der Waals surface area contributed by atoms with Crippen molar-refractivity contribution in [1.29, 1.82) is 0 Å². The second kappa shape index (κ2) is 26.6. The Morgan fingerprint density at radius 2 is 0.711 bits per heavy atom. The van der Waals surface area contributed by atoms with Gasteiger partial charge in [0, 0.05) is 0 Å². The maximum atomic E-state index is 2.67. The molecular weight excluding hydrogens is 472 g/mol. The summed E-state index contributed by atoms with van der Waals surface area (Å²) >= 11 is 0. The van der Waals surface area contributed by atoms with Crippen molar-refractivity contribution in [3.63, 3.8) is 0 Å². The van der Waals surface area contributed by atoms with Crippen LogP contribution in [0, 0.1) is 6.04 Å². The van der Waals surface area contributed by atoms with Crippen molar-refractivity contribution in [3.8, 4) is 0 Å². The fraction of sp³-hybridized carbons (Fsp3) is 0.811. The Hall–Kier alpha value is -0.563. The van der Waals surface area contributed by atoms with Crippen LogP contribution >= 0.6 is 0 Å². The topological polar surface area (TPSA) is 0 Å². The standard InChI is InChI=1S/C37H69Si/c1-4-5-6-7-8-9-10-11-12-13-14-15-16-17-18-19-20-21-22-23-24-25-26-27-28-29-33-36-38(2,3)37-34-31-30-32-35-37/h30-32,34-36H,4-29,33H2,1-3H3. The summed E-state index contributed by atoms with van der Waals surface area (Å²) in [5.41, 5.74) is 0. The van der Waals surface area contributed by atoms with Crippen molar-refractivity contribution in [2.24, 2.45) is 0 Å². The van der Waals surface area contributed by atoms with Crippen LogP contribution < -0.4 is 5.19 Å². The molecule has 0 amide bonds. The summed E-state index contributed by atoms with van der Waals surface area (Å²) in [5, 5.41) is 1.58. The van der Waals surface area contributed by atoms with Gasteiger partial charge in [0.2, 0.25) is 0 Å². The van der Waals surface area contributed by atoms with Crippen molar-refractivity contribution in [2.45, 2.75) is 193 Å². The Bertz CT molecular complexity index is 578. The van der Waals surface area contributed by atoms with Crippen molar-refractivity contribution in [2.75, 3.05) is 0 Å². The lowest BCUT2D eigenvalue weighted by atomic mass is 10.0. The van der Waals surface area contributed by atoms with E-state index in [0.29, 0.717) is 0 Å². The summed E-state index contributed by atoms with van der Waals surface area (Å²) in [5.74, 6) is 0. The van der Waals surface area contributed by atoms with Crippen LogP contribution in [-0.4, -0.2) is 8.07 Å². The molecule has 1 aromatic rings. The molecule has 0 aliphatic carbocycles. The average molecular weight is 542 g/mol. The molecule has 0 bridgehead atoms. The number of rotatable bonds is 29. The maximum Gasteiger partial charge on any atom is 0.0836 e. The third-order valence-electron chi connectivity index (χ3n) is 8.73. The SMILES string of the molecule is CCCCCCCCCCCCCCCCCCCCCCCCCCCC[CH][Si](C)(C)c1ccccc1. The van der Waals surface area contributed by atoms with Crippen LogP contribution in [0.3, 0.4) is 0 Å². The quantitative estimate of drug-likeness (QED) is 0.0698. The molecule has 0 aliphatic rings. The monoisotopic (exact) mass is 542 g/mol. The van der Waals surface area contributed by atoms with E-state index < -0.39 is 8.07 Å². The molecule has 1 heteroatoms. The molecule has 0 atom stereocenters. The molecule has 0 nitrogen and oxygen atoms in total. The summed E-state index contributed by atoms with van der Waals surface area (Å²) in [6.45, 7) is 7.28. The van der Waals surface area contributed by atoms with Crippen LogP contribution in [0.15, 0.2) is 30.3 Å². The van der Waals surface area contributed by atoms with Crippen LogP contribution in [0.5, 0.6) is 0 Å². The summed E-state index contributed by atoms with van der Waals surface area (Å²) in [6.07, 6.45) is 39.5. The lowest BCUT2D eigenvalue weighted by Gasteiger charge is -2.22. The van der Waals surface area contributed by atoms with E-state index in [2.05, 4.69) is 56.4 Å². The predicted molar refractivity (Wildman–Crippen MR) is 178 cm³/mol. The molecule has 0 fully saturated rings. The fourth-order valence-electron chi connectivity index (χ4n) is 5.91. The number of unbranched alkanes of at least 4 members (excludes halogenated alkanes) is 26. The van der Waals surface area contributed by atoms with Crippen LogP contribution in [-0.2, 0) is 0 Å². The Morgan fingerprint density at radius 3 is 1.03 bits per heavy atom. The molecule has 0 aromatic heterocycles. The third kappa shape index (κ3) is 22.3. The molecule has 38 heavy (non-hydrogen) atoms. The van der Waals surface area contributed by atoms with Gasteiger partial charge in [0.15, 0.2) is 0 Å². The predicted octanol–water partition coefficient (Wildman–Crippen LogP) is 12.9. The first-order valence-electron chi connectivity index (χ1n) is 17.6. The van der Waals surface area contributed by atoms with E-state index in [1.807, 2.05) is 0 Å². The molecular formula is C37H69Si. The van der Waals surface area contributed by atoms with Crippen molar-refractivity contribution >= 4 is 13.3 Å². The number of hydrogen-bond acceptors (Lipinski definition) is 0. The molecule has 0 spiro atoms. The highest BCUT2D eigenvalue weighted by Gasteiger charge is 2.22. The Kier molecular flexibility index (Phi) is 24.9. The van der Waals surface area contributed by atoms with Crippen LogP contribution in [0.25, 0.3) is 0 Å². The fourth-order valence-corrected chi connectivity index (χ4v) is 8.12. The highest BCUT2D eigenvalue weighted by atomic mass is 28.3. The second-order valence-corrected chi connectivity index (χ2v) is 17.3. The van der Waals surface area contributed by atoms with Crippen LogP contribution in [0.4, 0.5) is 0 Å². The molecule has 0 heterocycles. The van der Waals surface area contributed by atoms with E-state index in [0.717, 1.165) is 0 Å². The summed E-state index contributed by atoms with van der Waals surface area (Å²) < 4.78 is 0. The van der Waals surface area contributed by atoms with Gasteiger partial charge in [0.25, 0.3) is 0 Å². The first-order valence-corrected chi connectivity index (χ1v) is 20.6. The van der Waals surface area contributed by atoms with Gasteiger partial charge in [-0.15, -0.1) is 0 Å². The Balaban J connectivity index is 1.70. The summed E-state index contributed by atoms with van der Waals surface area (Å²) in [6, 6.07) is 13.8. The van der Waals surface area contributed by atoms with E-state index >= 15 is 0 Å². The number of benzene rings is 1. The second-order valence-electron chi connectivity index (χ2n) is 12.9. The largest absolute Gasteiger partial charge is 0.0836 e. The van der Waals surface area contributed by atoms with Gasteiger partial charge in [-0.2, -0.15) is 0 Å². The first kappa shape index (κ1) is 35.5. The van der Waals surface area contributed by atoms with Gasteiger partial charge >= 0.3 is 0 Å². The Morgan fingerprint density at radius 1 is 0.421 bits per heavy atom. The molecule has 1 aromatic carbocycles. The highest BCUT2D eigenvalue weighted by molar-refractivity contribution is 6.92. The third-order valence-corrected chi connectivity index (χ3v) is 11.9. The highest BCUT2D eigenvalue weighted by Crippen LogP contribution is 2.17. The molecule has 0 unspecified atom stereocenters. The summed E-state index contributed by atoms with van der Waals surface area (Å²) in [4.78, 5) is 0. The van der Waals surface area contributed by atoms with Crippen molar-refractivity contribution < 1.29 is 0 Å². The van der Waals surface area contributed by atoms with Crippen molar-refractivity contribution in [1.82, 2.24) is 0 Å². The van der Waals surface area contributed by atoms with E-state index in [-0.39, 0.29) is 0 Å². The molecule has 0 saturated heterocycles. The number of hydrogen-bond donors (Lipinski definition) is 0. The summed E-state index contributed by atoms with van der Waals surface area (Å²) in [7, 11) is -1.33. The minimum atomic E-state index is -1.33. The van der Waals surface area contributed by atoms with Gasteiger partial charge in [-0.25, -0.2) is 0 Å². The zero-order valence-electron chi connectivity index (χ0n) is 26.6. The van der Waals surface area contributed by atoms with E-state index in [4.69, 9.17) is 0 Å². The molecule has 221 valence electrons. The molecule has 1 rings (SSSR count). The van der Waals surface area contributed by atoms with Gasteiger partial charge in [0.05, 0.1) is 8.07 Å². The Labute approximate surface area is 242 Å². The maximum absolute atomic E-state index is 2.67. The van der Waals surface area contributed by atoms with E-state index in [1.54, 1.807) is 5.19 Å². The zero-order chi connectivity index (χ0) is 27.4. The molecule has 0 saturated carbocycles. The van der Waals surface area contributed by atoms with E-state index in [1.165, 1.54) is 173 Å². The minimum Gasteiger partial charge on any atom is -0.0654 e. The normalized spacial score (nSPS) is 11.9. The van der Waals surface area contributed by atoms with Gasteiger partial charge in [0.1, 0.15) is 0 Å². The molecule has 0 N–H and O–H groups in total. The van der Waals surface area contributed by atoms with Crippen molar-refractivity contribution in [3.05, 3.63) is 36.4 Å². The zero-order valence-corrected chi connectivity index (χ0v) is 27.6. The molecule has 1 radical (unpaired) electrons. The minimum absolute atomic E-state index is 1.31. The lowest BCUT2D eigenvalue weighted by Crippen LogP contribution is -2.42. The van der Waals surface area contributed by atoms with Gasteiger partial charge in [-0.3, -0.25) is 0 Å². The smallest absolute Gasteiger partial charge is 0.0654 e. The van der Waals surface area contributed by atoms with Gasteiger partial charge in [-0.1, -0.05) is 229 Å². The van der Waals surface area contributed by atoms with Crippen LogP contribution in [0.2, 0.25) is 13.1 Å². The first-order chi connectivity index (χ1) is 18.7. The molecule has 0 aliphatic heterocycles. The average Bonchev–Trinajstić information content (AvgIpc) is 2.93. The van der Waals surface area contributed by atoms with Gasteiger partial charge in [-0.05, 0) is 6.04 Å². The van der Waals surface area contributed by atoms with Gasteiger partial charge < -0.3 is 0 Å². The lowest BCUT2D eigenvalue weighted by molar-refractivity contribution is 0.515. The van der Waals surface area contributed by atoms with E-state index in [9.17, 15) is 0 Å². The van der Waals surface area contributed by atoms with Crippen LogP contribution in [0.1, 0.15) is 180 Å².